The number of ether oxygens (including phenoxy) is 1. The molecule has 1 fully saturated rings. The SMILES string of the molecule is CSCCN1CCC(Oc2c(C#N)ncc3[nH]c4ncccc4c23)CC1. The van der Waals surface area contributed by atoms with Crippen molar-refractivity contribution in [3.63, 3.8) is 0 Å². The van der Waals surface area contributed by atoms with E-state index in [1.807, 2.05) is 23.9 Å². The number of nitrogens with one attached hydrogen (secondary N) is 1. The fraction of sp³-hybridized carbons (Fsp3) is 0.421. The number of H-pyrrole nitrogens is 1. The number of likely N-dealkylation sites (tertiary alicyclic amines) is 1. The van der Waals surface area contributed by atoms with Gasteiger partial charge in [-0.25, -0.2) is 9.97 Å². The van der Waals surface area contributed by atoms with E-state index in [-0.39, 0.29) is 6.10 Å². The fourth-order valence-corrected chi connectivity index (χ4v) is 3.96. The Morgan fingerprint density at radius 1 is 1.38 bits per heavy atom. The largest absolute Gasteiger partial charge is 0.487 e. The molecule has 1 N–H and O–H groups in total. The van der Waals surface area contributed by atoms with E-state index in [9.17, 15) is 5.26 Å². The molecule has 1 aliphatic heterocycles. The molecule has 4 rings (SSSR count). The maximum atomic E-state index is 9.53. The minimum absolute atomic E-state index is 0.113. The average Bonchev–Trinajstić information content (AvgIpc) is 3.06. The smallest absolute Gasteiger partial charge is 0.183 e. The maximum Gasteiger partial charge on any atom is 0.183 e. The lowest BCUT2D eigenvalue weighted by molar-refractivity contribution is 0.105. The number of piperidine rings is 1. The number of nitrogens with zero attached hydrogens (tertiary/aromatic N) is 4. The van der Waals surface area contributed by atoms with Crippen LogP contribution in [-0.2, 0) is 0 Å². The van der Waals surface area contributed by atoms with Gasteiger partial charge in [-0.15, -0.1) is 0 Å². The lowest BCUT2D eigenvalue weighted by Gasteiger charge is -2.32. The summed E-state index contributed by atoms with van der Waals surface area (Å²) >= 11 is 1.88. The molecule has 0 amide bonds. The standard InChI is InChI=1S/C19H21N5OS/c1-26-10-9-24-7-4-13(5-8-24)25-18-15(11-20)22-12-16-17(18)14-3-2-6-21-19(14)23-16/h2-3,6,12-13H,4-5,7-10H2,1H3,(H,21,23). The van der Waals surface area contributed by atoms with Gasteiger partial charge in [-0.3, -0.25) is 0 Å². The predicted molar refractivity (Wildman–Crippen MR) is 105 cm³/mol. The zero-order valence-corrected chi connectivity index (χ0v) is 15.6. The molecular formula is C19H21N5OS. The fourth-order valence-electron chi connectivity index (χ4n) is 3.52. The number of rotatable bonds is 5. The van der Waals surface area contributed by atoms with Gasteiger partial charge < -0.3 is 14.6 Å². The Kier molecular flexibility index (Phi) is 4.96. The second kappa shape index (κ2) is 7.52. The van der Waals surface area contributed by atoms with E-state index in [0.717, 1.165) is 60.2 Å². The van der Waals surface area contributed by atoms with Crippen LogP contribution in [0.1, 0.15) is 18.5 Å². The lowest BCUT2D eigenvalue weighted by Crippen LogP contribution is -2.39. The highest BCUT2D eigenvalue weighted by atomic mass is 32.2. The van der Waals surface area contributed by atoms with E-state index in [0.29, 0.717) is 11.4 Å². The Morgan fingerprint density at radius 3 is 3.00 bits per heavy atom. The lowest BCUT2D eigenvalue weighted by atomic mass is 10.1. The molecule has 1 saturated heterocycles. The van der Waals surface area contributed by atoms with E-state index in [1.165, 1.54) is 0 Å². The quantitative estimate of drug-likeness (QED) is 0.746. The molecule has 0 aliphatic carbocycles. The number of nitriles is 1. The van der Waals surface area contributed by atoms with Gasteiger partial charge in [0.25, 0.3) is 0 Å². The van der Waals surface area contributed by atoms with Crippen LogP contribution < -0.4 is 4.74 Å². The minimum atomic E-state index is 0.113. The van der Waals surface area contributed by atoms with Crippen molar-refractivity contribution in [1.29, 1.82) is 5.26 Å². The van der Waals surface area contributed by atoms with Crippen molar-refractivity contribution < 1.29 is 4.74 Å². The highest BCUT2D eigenvalue weighted by Gasteiger charge is 2.24. The molecule has 7 heteroatoms. The van der Waals surface area contributed by atoms with Crippen molar-refractivity contribution >= 4 is 33.7 Å². The van der Waals surface area contributed by atoms with Crippen LogP contribution in [0.3, 0.4) is 0 Å². The molecule has 0 atom stereocenters. The highest BCUT2D eigenvalue weighted by Crippen LogP contribution is 2.35. The number of hydrogen-bond donors (Lipinski definition) is 1. The van der Waals surface area contributed by atoms with Crippen molar-refractivity contribution in [3.05, 3.63) is 30.2 Å². The van der Waals surface area contributed by atoms with Gasteiger partial charge in [0, 0.05) is 37.0 Å². The Labute approximate surface area is 156 Å². The number of aromatic nitrogens is 3. The van der Waals surface area contributed by atoms with Crippen molar-refractivity contribution in [1.82, 2.24) is 19.9 Å². The third-order valence-corrected chi connectivity index (χ3v) is 5.49. The Morgan fingerprint density at radius 2 is 2.23 bits per heavy atom. The van der Waals surface area contributed by atoms with Crippen LogP contribution >= 0.6 is 11.8 Å². The van der Waals surface area contributed by atoms with Gasteiger partial charge >= 0.3 is 0 Å². The zero-order valence-electron chi connectivity index (χ0n) is 14.7. The van der Waals surface area contributed by atoms with Crippen LogP contribution in [-0.4, -0.2) is 57.6 Å². The maximum absolute atomic E-state index is 9.53. The molecule has 6 nitrogen and oxygen atoms in total. The Hall–Kier alpha value is -2.30. The summed E-state index contributed by atoms with van der Waals surface area (Å²) in [6.07, 6.45) is 7.63. The summed E-state index contributed by atoms with van der Waals surface area (Å²) in [7, 11) is 0. The van der Waals surface area contributed by atoms with Crippen LogP contribution in [0.2, 0.25) is 0 Å². The van der Waals surface area contributed by atoms with Crippen molar-refractivity contribution in [2.75, 3.05) is 31.6 Å². The summed E-state index contributed by atoms with van der Waals surface area (Å²) in [4.78, 5) is 14.4. The highest BCUT2D eigenvalue weighted by molar-refractivity contribution is 7.98. The van der Waals surface area contributed by atoms with Gasteiger partial charge in [0.2, 0.25) is 0 Å². The van der Waals surface area contributed by atoms with E-state index in [1.54, 1.807) is 12.4 Å². The first-order chi connectivity index (χ1) is 12.8. The molecule has 26 heavy (non-hydrogen) atoms. The van der Waals surface area contributed by atoms with Crippen LogP contribution in [0.5, 0.6) is 5.75 Å². The van der Waals surface area contributed by atoms with Crippen LogP contribution in [0.4, 0.5) is 0 Å². The van der Waals surface area contributed by atoms with Gasteiger partial charge in [0.05, 0.1) is 17.1 Å². The Balaban J connectivity index is 1.63. The second-order valence-electron chi connectivity index (χ2n) is 6.51. The molecule has 134 valence electrons. The van der Waals surface area contributed by atoms with E-state index in [2.05, 4.69) is 32.2 Å². The molecule has 4 heterocycles. The van der Waals surface area contributed by atoms with E-state index < -0.39 is 0 Å². The first-order valence-corrected chi connectivity index (χ1v) is 10.2. The summed E-state index contributed by atoms with van der Waals surface area (Å²) < 4.78 is 6.35. The molecule has 3 aromatic rings. The molecule has 0 saturated carbocycles. The van der Waals surface area contributed by atoms with Gasteiger partial charge in [0.1, 0.15) is 17.8 Å². The summed E-state index contributed by atoms with van der Waals surface area (Å²) in [6, 6.07) is 6.08. The van der Waals surface area contributed by atoms with E-state index in [4.69, 9.17) is 4.74 Å². The van der Waals surface area contributed by atoms with Gasteiger partial charge in [0.15, 0.2) is 11.4 Å². The summed E-state index contributed by atoms with van der Waals surface area (Å²) in [5.74, 6) is 1.75. The third-order valence-electron chi connectivity index (χ3n) is 4.90. The second-order valence-corrected chi connectivity index (χ2v) is 7.50. The first-order valence-electron chi connectivity index (χ1n) is 8.83. The van der Waals surface area contributed by atoms with Crippen LogP contribution in [0, 0.1) is 11.3 Å². The summed E-state index contributed by atoms with van der Waals surface area (Å²) in [5.41, 5.74) is 1.98. The van der Waals surface area contributed by atoms with Gasteiger partial charge in [-0.1, -0.05) is 0 Å². The first kappa shape index (κ1) is 17.1. The molecule has 3 aromatic heterocycles. The molecule has 0 aromatic carbocycles. The molecular weight excluding hydrogens is 346 g/mol. The number of hydrogen-bond acceptors (Lipinski definition) is 6. The summed E-state index contributed by atoms with van der Waals surface area (Å²) in [5, 5.41) is 11.4. The zero-order chi connectivity index (χ0) is 17.9. The predicted octanol–water partition coefficient (Wildman–Crippen LogP) is 3.19. The van der Waals surface area contributed by atoms with Crippen LogP contribution in [0.25, 0.3) is 21.9 Å². The monoisotopic (exact) mass is 367 g/mol. The average molecular weight is 367 g/mol. The number of aromatic amines is 1. The van der Waals surface area contributed by atoms with Crippen molar-refractivity contribution in [2.24, 2.45) is 0 Å². The molecule has 0 unspecified atom stereocenters. The molecule has 0 bridgehead atoms. The van der Waals surface area contributed by atoms with Crippen molar-refractivity contribution in [2.45, 2.75) is 18.9 Å². The van der Waals surface area contributed by atoms with E-state index >= 15 is 0 Å². The normalized spacial score (nSPS) is 16.2. The minimum Gasteiger partial charge on any atom is -0.487 e. The topological polar surface area (TPSA) is 77.8 Å². The molecule has 1 aliphatic rings. The van der Waals surface area contributed by atoms with Crippen LogP contribution in [0.15, 0.2) is 24.5 Å². The van der Waals surface area contributed by atoms with Gasteiger partial charge in [-0.05, 0) is 31.2 Å². The molecule has 0 spiro atoms. The third kappa shape index (κ3) is 3.22. The number of thioether (sulfide) groups is 1. The van der Waals surface area contributed by atoms with Gasteiger partial charge in [-0.2, -0.15) is 17.0 Å². The Bertz CT molecular complexity index is 956. The summed E-state index contributed by atoms with van der Waals surface area (Å²) in [6.45, 7) is 3.19. The van der Waals surface area contributed by atoms with Crippen molar-refractivity contribution in [3.8, 4) is 11.8 Å². The number of fused-ring (bicyclic) bond motifs is 3. The molecule has 0 radical (unpaired) electrons. The number of pyridine rings is 2.